The van der Waals surface area contributed by atoms with Crippen LogP contribution < -0.4 is 15.8 Å². The van der Waals surface area contributed by atoms with Gasteiger partial charge >= 0.3 is 6.18 Å². The van der Waals surface area contributed by atoms with Crippen molar-refractivity contribution in [3.05, 3.63) is 53.1 Å². The molecule has 3 N–H and O–H groups in total. The molecule has 0 bridgehead atoms. The first-order valence-corrected chi connectivity index (χ1v) is 9.05. The lowest BCUT2D eigenvalue weighted by atomic mass is 10.1. The third-order valence-corrected chi connectivity index (χ3v) is 4.41. The van der Waals surface area contributed by atoms with Gasteiger partial charge in [-0.1, -0.05) is 6.92 Å². The monoisotopic (exact) mass is 384 g/mol. The van der Waals surface area contributed by atoms with Gasteiger partial charge in [-0.2, -0.15) is 13.2 Å². The topological polar surface area (TPSA) is 64.3 Å². The number of alkyl halides is 3. The number of halogens is 3. The number of hydrogen-bond acceptors (Lipinski definition) is 4. The van der Waals surface area contributed by atoms with Gasteiger partial charge in [-0.15, -0.1) is 11.8 Å². The molecular weight excluding hydrogens is 365 g/mol. The normalized spacial score (nSPS) is 11.4. The fourth-order valence-corrected chi connectivity index (χ4v) is 2.93. The van der Waals surface area contributed by atoms with Crippen LogP contribution in [0.2, 0.25) is 0 Å². The van der Waals surface area contributed by atoms with E-state index < -0.39 is 17.6 Å². The molecule has 0 aliphatic heterocycles. The smallest absolute Gasteiger partial charge is 0.417 e. The van der Waals surface area contributed by atoms with Crippen LogP contribution in [-0.4, -0.2) is 18.7 Å². The molecule has 0 aliphatic rings. The van der Waals surface area contributed by atoms with Crippen molar-refractivity contribution in [2.75, 3.05) is 12.8 Å². The molecule has 2 aromatic rings. The zero-order valence-electron chi connectivity index (χ0n) is 14.3. The molecule has 0 atom stereocenters. The first-order chi connectivity index (χ1) is 12.3. The Balaban J connectivity index is 2.39. The van der Waals surface area contributed by atoms with E-state index in [0.29, 0.717) is 30.0 Å². The fraction of sp³-hybridized carbons (Fsp3) is 0.278. The van der Waals surface area contributed by atoms with Crippen LogP contribution in [0.4, 0.5) is 13.2 Å². The molecule has 2 aromatic carbocycles. The first kappa shape index (κ1) is 20.1. The Hall–Kier alpha value is -2.19. The Kier molecular flexibility index (Phi) is 6.55. The molecule has 4 nitrogen and oxygen atoms in total. The van der Waals surface area contributed by atoms with E-state index in [1.165, 1.54) is 24.3 Å². The minimum absolute atomic E-state index is 0.0692. The third-order valence-electron chi connectivity index (χ3n) is 3.61. The number of nitrogens with two attached hydrogens (primary N) is 1. The van der Waals surface area contributed by atoms with Crippen molar-refractivity contribution in [1.82, 2.24) is 5.32 Å². The number of thioether (sulfide) groups is 1. The van der Waals surface area contributed by atoms with Gasteiger partial charge in [0.25, 0.3) is 0 Å². The van der Waals surface area contributed by atoms with Crippen LogP contribution in [0.25, 0.3) is 0 Å². The second-order valence-corrected chi connectivity index (χ2v) is 6.28. The number of benzene rings is 2. The molecule has 1 amide bonds. The third kappa shape index (κ3) is 4.92. The molecule has 0 unspecified atom stereocenters. The summed E-state index contributed by atoms with van der Waals surface area (Å²) in [7, 11) is 0. The standard InChI is InChI=1S/C18H19F3N2O2S/c1-3-23-10-12-8-11(17(22)24)4-6-15(12)25-13-5-7-16(26-2)14(9-13)18(19,20)21/h4-9,23H,3,10H2,1-2H3,(H2,22,24). The molecule has 0 spiro atoms. The highest BCUT2D eigenvalue weighted by atomic mass is 32.2. The Morgan fingerprint density at radius 1 is 1.23 bits per heavy atom. The largest absolute Gasteiger partial charge is 0.457 e. The van der Waals surface area contributed by atoms with Crippen molar-refractivity contribution in [2.45, 2.75) is 24.5 Å². The molecule has 140 valence electrons. The summed E-state index contributed by atoms with van der Waals surface area (Å²) in [5.41, 5.74) is 5.48. The van der Waals surface area contributed by atoms with Gasteiger partial charge in [0.15, 0.2) is 0 Å². The highest BCUT2D eigenvalue weighted by Gasteiger charge is 2.33. The van der Waals surface area contributed by atoms with Crippen molar-refractivity contribution < 1.29 is 22.7 Å². The number of ether oxygens (including phenoxy) is 1. The summed E-state index contributed by atoms with van der Waals surface area (Å²) < 4.78 is 45.3. The number of carbonyl (C=O) groups is 1. The minimum atomic E-state index is -4.47. The van der Waals surface area contributed by atoms with E-state index in [9.17, 15) is 18.0 Å². The number of primary amides is 1. The number of hydrogen-bond donors (Lipinski definition) is 2. The highest BCUT2D eigenvalue weighted by molar-refractivity contribution is 7.98. The van der Waals surface area contributed by atoms with E-state index in [-0.39, 0.29) is 10.6 Å². The van der Waals surface area contributed by atoms with Crippen LogP contribution in [0.1, 0.15) is 28.4 Å². The number of amides is 1. The van der Waals surface area contributed by atoms with Gasteiger partial charge in [0.2, 0.25) is 5.91 Å². The second kappa shape index (κ2) is 8.46. The molecule has 0 fully saturated rings. The zero-order valence-corrected chi connectivity index (χ0v) is 15.1. The van der Waals surface area contributed by atoms with Gasteiger partial charge in [0, 0.05) is 22.6 Å². The van der Waals surface area contributed by atoms with Gasteiger partial charge in [-0.05, 0) is 49.2 Å². The zero-order chi connectivity index (χ0) is 19.3. The molecule has 0 aliphatic carbocycles. The second-order valence-electron chi connectivity index (χ2n) is 5.43. The van der Waals surface area contributed by atoms with E-state index in [2.05, 4.69) is 5.32 Å². The molecular formula is C18H19F3N2O2S. The molecule has 26 heavy (non-hydrogen) atoms. The maximum atomic E-state index is 13.2. The number of carbonyl (C=O) groups excluding carboxylic acids is 1. The average Bonchev–Trinajstić information content (AvgIpc) is 2.59. The number of rotatable bonds is 7. The van der Waals surface area contributed by atoms with Gasteiger partial charge < -0.3 is 15.8 Å². The summed E-state index contributed by atoms with van der Waals surface area (Å²) in [4.78, 5) is 11.5. The SMILES string of the molecule is CCNCc1cc(C(N)=O)ccc1Oc1ccc(SC)c(C(F)(F)F)c1. The molecule has 0 aromatic heterocycles. The minimum Gasteiger partial charge on any atom is -0.457 e. The molecule has 8 heteroatoms. The molecule has 0 saturated heterocycles. The maximum absolute atomic E-state index is 13.2. The predicted molar refractivity (Wildman–Crippen MR) is 95.6 cm³/mol. The van der Waals surface area contributed by atoms with Gasteiger partial charge in [0.05, 0.1) is 5.56 Å². The van der Waals surface area contributed by atoms with Crippen LogP contribution in [0, 0.1) is 0 Å². The van der Waals surface area contributed by atoms with Crippen molar-refractivity contribution in [2.24, 2.45) is 5.73 Å². The Bertz CT molecular complexity index is 794. The maximum Gasteiger partial charge on any atom is 0.417 e. The summed E-state index contributed by atoms with van der Waals surface area (Å²) >= 11 is 1.02. The van der Waals surface area contributed by atoms with Crippen LogP contribution in [-0.2, 0) is 12.7 Å². The van der Waals surface area contributed by atoms with E-state index in [1.54, 1.807) is 12.3 Å². The van der Waals surface area contributed by atoms with Gasteiger partial charge in [-0.3, -0.25) is 4.79 Å². The van der Waals surface area contributed by atoms with E-state index in [1.807, 2.05) is 6.92 Å². The van der Waals surface area contributed by atoms with Crippen molar-refractivity contribution in [3.63, 3.8) is 0 Å². The Labute approximate surface area is 153 Å². The van der Waals surface area contributed by atoms with Crippen LogP contribution in [0.3, 0.4) is 0 Å². The highest BCUT2D eigenvalue weighted by Crippen LogP contribution is 2.39. The van der Waals surface area contributed by atoms with Crippen molar-refractivity contribution >= 4 is 17.7 Å². The summed E-state index contributed by atoms with van der Waals surface area (Å²) in [5.74, 6) is -0.154. The van der Waals surface area contributed by atoms with E-state index in [4.69, 9.17) is 10.5 Å². The van der Waals surface area contributed by atoms with Gasteiger partial charge in [-0.25, -0.2) is 0 Å². The quantitative estimate of drug-likeness (QED) is 0.694. The Morgan fingerprint density at radius 3 is 2.54 bits per heavy atom. The predicted octanol–water partition coefficient (Wildman–Crippen LogP) is 4.43. The summed E-state index contributed by atoms with van der Waals surface area (Å²) in [6, 6.07) is 8.42. The molecule has 0 radical (unpaired) electrons. The van der Waals surface area contributed by atoms with Crippen LogP contribution in [0.15, 0.2) is 41.3 Å². The van der Waals surface area contributed by atoms with E-state index >= 15 is 0 Å². The average molecular weight is 384 g/mol. The van der Waals surface area contributed by atoms with E-state index in [0.717, 1.165) is 17.8 Å². The molecule has 2 rings (SSSR count). The van der Waals surface area contributed by atoms with Crippen LogP contribution >= 0.6 is 11.8 Å². The van der Waals surface area contributed by atoms with Crippen molar-refractivity contribution in [3.8, 4) is 11.5 Å². The number of nitrogens with one attached hydrogen (secondary N) is 1. The lowest BCUT2D eigenvalue weighted by Gasteiger charge is -2.16. The molecule has 0 saturated carbocycles. The fourth-order valence-electron chi connectivity index (χ4n) is 2.33. The lowest BCUT2D eigenvalue weighted by Crippen LogP contribution is -2.15. The lowest BCUT2D eigenvalue weighted by molar-refractivity contribution is -0.139. The van der Waals surface area contributed by atoms with Gasteiger partial charge in [0.1, 0.15) is 11.5 Å². The summed E-state index contributed by atoms with van der Waals surface area (Å²) in [6.07, 6.45) is -2.89. The summed E-state index contributed by atoms with van der Waals surface area (Å²) in [6.45, 7) is 2.98. The van der Waals surface area contributed by atoms with Crippen LogP contribution in [0.5, 0.6) is 11.5 Å². The first-order valence-electron chi connectivity index (χ1n) is 7.82. The summed E-state index contributed by atoms with van der Waals surface area (Å²) in [5, 5.41) is 3.10. The van der Waals surface area contributed by atoms with Crippen molar-refractivity contribution in [1.29, 1.82) is 0 Å². The Morgan fingerprint density at radius 2 is 1.96 bits per heavy atom. The molecule has 0 heterocycles.